The molecule has 2 aromatic rings. The molecular formula is C14H12ClN3O7S2. The Hall–Kier alpha value is -2.54. The third-order valence-corrected chi connectivity index (χ3v) is 5.86. The fourth-order valence-electron chi connectivity index (χ4n) is 1.81. The Morgan fingerprint density at radius 3 is 2.56 bits per heavy atom. The molecule has 0 spiro atoms. The Labute approximate surface area is 162 Å². The predicted molar refractivity (Wildman–Crippen MR) is 97.3 cm³/mol. The van der Waals surface area contributed by atoms with Crippen molar-refractivity contribution in [3.05, 3.63) is 50.3 Å². The van der Waals surface area contributed by atoms with Crippen LogP contribution in [0.5, 0.6) is 0 Å². The van der Waals surface area contributed by atoms with Gasteiger partial charge in [-0.25, -0.2) is 18.4 Å². The minimum atomic E-state index is -3.95. The number of amides is 1. The molecule has 1 amide bonds. The standard InChI is InChI=1S/C14H12ClN3O7S2/c1-7(25-14(20)8-4-12(26-6-8)27(16,23)24)13(19)17-11-3-2-9(18(21)22)5-10(11)15/h2-7H,1H3,(H,17,19)(H2,16,23,24). The number of non-ortho nitro benzene ring substituents is 1. The number of primary sulfonamides is 1. The molecule has 27 heavy (non-hydrogen) atoms. The number of sulfonamides is 1. The summed E-state index contributed by atoms with van der Waals surface area (Å²) in [6, 6.07) is 4.50. The lowest BCUT2D eigenvalue weighted by molar-refractivity contribution is -0.384. The monoisotopic (exact) mass is 433 g/mol. The zero-order chi connectivity index (χ0) is 20.4. The molecule has 1 aromatic heterocycles. The molecule has 13 heteroatoms. The first-order valence-electron chi connectivity index (χ1n) is 7.06. The summed E-state index contributed by atoms with van der Waals surface area (Å²) in [5.41, 5.74) is -0.222. The molecular weight excluding hydrogens is 422 g/mol. The molecule has 10 nitrogen and oxygen atoms in total. The molecule has 0 saturated carbocycles. The number of nitrogens with one attached hydrogen (secondary N) is 1. The van der Waals surface area contributed by atoms with Crippen LogP contribution in [-0.2, 0) is 19.6 Å². The highest BCUT2D eigenvalue weighted by Gasteiger charge is 2.22. The van der Waals surface area contributed by atoms with E-state index in [9.17, 15) is 28.1 Å². The fourth-order valence-corrected chi connectivity index (χ4v) is 3.60. The summed E-state index contributed by atoms with van der Waals surface area (Å²) in [6.07, 6.45) is -1.25. The summed E-state index contributed by atoms with van der Waals surface area (Å²) in [5.74, 6) is -1.65. The van der Waals surface area contributed by atoms with Crippen LogP contribution in [-0.4, -0.2) is 31.3 Å². The van der Waals surface area contributed by atoms with Gasteiger partial charge in [-0.05, 0) is 19.1 Å². The first-order chi connectivity index (χ1) is 12.5. The van der Waals surface area contributed by atoms with Crippen molar-refractivity contribution >= 4 is 56.2 Å². The number of ether oxygens (including phenoxy) is 1. The van der Waals surface area contributed by atoms with E-state index in [-0.39, 0.29) is 26.2 Å². The molecule has 0 aliphatic rings. The molecule has 0 aliphatic heterocycles. The number of nitrogens with zero attached hydrogens (tertiary/aromatic N) is 1. The van der Waals surface area contributed by atoms with Crippen molar-refractivity contribution in [1.29, 1.82) is 0 Å². The number of carbonyl (C=O) groups excluding carboxylic acids is 2. The lowest BCUT2D eigenvalue weighted by atomic mass is 10.2. The van der Waals surface area contributed by atoms with E-state index in [1.165, 1.54) is 18.4 Å². The number of esters is 1. The highest BCUT2D eigenvalue weighted by molar-refractivity contribution is 7.91. The number of rotatable bonds is 6. The summed E-state index contributed by atoms with van der Waals surface area (Å²) in [6.45, 7) is 1.29. The maximum Gasteiger partial charge on any atom is 0.339 e. The molecule has 1 unspecified atom stereocenters. The van der Waals surface area contributed by atoms with Crippen LogP contribution in [0.25, 0.3) is 0 Å². The van der Waals surface area contributed by atoms with Gasteiger partial charge in [0.25, 0.3) is 11.6 Å². The second-order valence-electron chi connectivity index (χ2n) is 5.16. The van der Waals surface area contributed by atoms with E-state index in [1.807, 2.05) is 0 Å². The Balaban J connectivity index is 2.04. The van der Waals surface area contributed by atoms with Gasteiger partial charge in [0, 0.05) is 17.5 Å². The van der Waals surface area contributed by atoms with Gasteiger partial charge >= 0.3 is 5.97 Å². The van der Waals surface area contributed by atoms with Crippen LogP contribution < -0.4 is 10.5 Å². The van der Waals surface area contributed by atoms with E-state index < -0.39 is 32.9 Å². The number of hydrogen-bond acceptors (Lipinski definition) is 8. The van der Waals surface area contributed by atoms with Crippen molar-refractivity contribution in [1.82, 2.24) is 0 Å². The quantitative estimate of drug-likeness (QED) is 0.401. The predicted octanol–water partition coefficient (Wildman–Crippen LogP) is 2.14. The number of halogens is 1. The third kappa shape index (κ3) is 5.23. The molecule has 0 radical (unpaired) electrons. The van der Waals surface area contributed by atoms with Gasteiger partial charge in [-0.2, -0.15) is 0 Å². The number of hydrogen-bond donors (Lipinski definition) is 2. The Morgan fingerprint density at radius 2 is 2.04 bits per heavy atom. The summed E-state index contributed by atoms with van der Waals surface area (Å²) in [4.78, 5) is 34.2. The minimum absolute atomic E-state index is 0.0632. The van der Waals surface area contributed by atoms with Gasteiger partial charge < -0.3 is 10.1 Å². The van der Waals surface area contributed by atoms with Crippen LogP contribution >= 0.6 is 22.9 Å². The van der Waals surface area contributed by atoms with Gasteiger partial charge in [0.15, 0.2) is 6.10 Å². The fraction of sp³-hybridized carbons (Fsp3) is 0.143. The number of thiophene rings is 1. The maximum atomic E-state index is 12.1. The lowest BCUT2D eigenvalue weighted by Gasteiger charge is -2.13. The number of nitro groups is 1. The van der Waals surface area contributed by atoms with Gasteiger partial charge in [-0.3, -0.25) is 14.9 Å². The minimum Gasteiger partial charge on any atom is -0.449 e. The molecule has 1 aromatic carbocycles. The SMILES string of the molecule is CC(OC(=O)c1csc(S(N)(=O)=O)c1)C(=O)Nc1ccc([N+](=O)[O-])cc1Cl. The third-order valence-electron chi connectivity index (χ3n) is 3.17. The highest BCUT2D eigenvalue weighted by Crippen LogP contribution is 2.27. The molecule has 1 atom stereocenters. The Bertz CT molecular complexity index is 1020. The van der Waals surface area contributed by atoms with E-state index >= 15 is 0 Å². The van der Waals surface area contributed by atoms with Gasteiger partial charge in [-0.1, -0.05) is 11.6 Å². The molecule has 1 heterocycles. The van der Waals surface area contributed by atoms with E-state index in [0.29, 0.717) is 0 Å². The molecule has 2 rings (SSSR count). The van der Waals surface area contributed by atoms with Crippen LogP contribution in [0.15, 0.2) is 33.9 Å². The van der Waals surface area contributed by atoms with E-state index in [0.717, 1.165) is 29.5 Å². The zero-order valence-electron chi connectivity index (χ0n) is 13.5. The van der Waals surface area contributed by atoms with Gasteiger partial charge in [-0.15, -0.1) is 11.3 Å². The van der Waals surface area contributed by atoms with Crippen molar-refractivity contribution < 1.29 is 27.7 Å². The second kappa shape index (κ2) is 8.00. The molecule has 0 aliphatic carbocycles. The number of benzene rings is 1. The van der Waals surface area contributed by atoms with Gasteiger partial charge in [0.2, 0.25) is 10.0 Å². The number of nitro benzene ring substituents is 1. The first-order valence-corrected chi connectivity index (χ1v) is 9.86. The lowest BCUT2D eigenvalue weighted by Crippen LogP contribution is -2.30. The van der Waals surface area contributed by atoms with Crippen molar-refractivity contribution in [3.8, 4) is 0 Å². The number of nitrogens with two attached hydrogens (primary N) is 1. The first kappa shape index (κ1) is 20.8. The maximum absolute atomic E-state index is 12.1. The van der Waals surface area contributed by atoms with Crippen molar-refractivity contribution in [2.45, 2.75) is 17.2 Å². The number of carbonyl (C=O) groups is 2. The average molecular weight is 434 g/mol. The van der Waals surface area contributed by atoms with Gasteiger partial charge in [0.05, 0.1) is 21.2 Å². The van der Waals surface area contributed by atoms with Crippen LogP contribution in [0.4, 0.5) is 11.4 Å². The zero-order valence-corrected chi connectivity index (χ0v) is 15.9. The van der Waals surface area contributed by atoms with Crippen molar-refractivity contribution in [2.75, 3.05) is 5.32 Å². The topological polar surface area (TPSA) is 159 Å². The highest BCUT2D eigenvalue weighted by atomic mass is 35.5. The Morgan fingerprint density at radius 1 is 1.37 bits per heavy atom. The van der Waals surface area contributed by atoms with Crippen molar-refractivity contribution in [3.63, 3.8) is 0 Å². The van der Waals surface area contributed by atoms with Crippen molar-refractivity contribution in [2.24, 2.45) is 5.14 Å². The van der Waals surface area contributed by atoms with Gasteiger partial charge in [0.1, 0.15) is 4.21 Å². The van der Waals surface area contributed by atoms with E-state index in [4.69, 9.17) is 21.5 Å². The Kier molecular flexibility index (Phi) is 6.15. The molecule has 3 N–H and O–H groups in total. The van der Waals surface area contributed by atoms with Crippen LogP contribution in [0.2, 0.25) is 5.02 Å². The summed E-state index contributed by atoms with van der Waals surface area (Å²) in [5, 5.41) is 19.2. The summed E-state index contributed by atoms with van der Waals surface area (Å²) in [7, 11) is -3.95. The molecule has 144 valence electrons. The molecule has 0 saturated heterocycles. The average Bonchev–Trinajstić information content (AvgIpc) is 3.06. The normalized spacial score (nSPS) is 12.3. The smallest absolute Gasteiger partial charge is 0.339 e. The summed E-state index contributed by atoms with van der Waals surface area (Å²) >= 11 is 6.62. The van der Waals surface area contributed by atoms with Crippen LogP contribution in [0.3, 0.4) is 0 Å². The van der Waals surface area contributed by atoms with Crippen LogP contribution in [0.1, 0.15) is 17.3 Å². The van der Waals surface area contributed by atoms with E-state index in [2.05, 4.69) is 5.32 Å². The van der Waals surface area contributed by atoms with E-state index in [1.54, 1.807) is 0 Å². The molecule has 0 fully saturated rings. The number of anilines is 1. The second-order valence-corrected chi connectivity index (χ2v) is 8.26. The van der Waals surface area contributed by atoms with Crippen LogP contribution in [0, 0.1) is 10.1 Å². The molecule has 0 bridgehead atoms. The summed E-state index contributed by atoms with van der Waals surface area (Å²) < 4.78 is 27.2. The largest absolute Gasteiger partial charge is 0.449 e.